The van der Waals surface area contributed by atoms with E-state index in [1.807, 2.05) is 31.2 Å². The van der Waals surface area contributed by atoms with Gasteiger partial charge in [0.25, 0.3) is 12.0 Å². The smallest absolute Gasteiger partial charge is 0.295 e. The molecule has 5 aromatic rings. The predicted octanol–water partition coefficient (Wildman–Crippen LogP) is 2.28. The highest BCUT2D eigenvalue weighted by atomic mass is 19.1. The Labute approximate surface area is 157 Å². The summed E-state index contributed by atoms with van der Waals surface area (Å²) in [6.07, 6.45) is 4.52. The standard InChI is InChI=1S/C18H15FN8O/c1-18(7-4-8-28-18)13-10-25(24-21-13)17-23-22-15-11-5-2-3-6-12(11)26-14(27(15)17)9-20-16(26)19/h2-3,5-6,9-10H,4,7-8H2,1H3. The highest BCUT2D eigenvalue weighted by molar-refractivity contribution is 5.94. The first-order valence-electron chi connectivity index (χ1n) is 9.02. The van der Waals surface area contributed by atoms with Crippen molar-refractivity contribution in [1.29, 1.82) is 0 Å². The van der Waals surface area contributed by atoms with E-state index < -0.39 is 11.7 Å². The molecule has 1 saturated heterocycles. The Morgan fingerprint density at radius 2 is 2.04 bits per heavy atom. The van der Waals surface area contributed by atoms with Crippen LogP contribution in [-0.4, -0.2) is 45.6 Å². The van der Waals surface area contributed by atoms with E-state index in [2.05, 4.69) is 25.5 Å². The summed E-state index contributed by atoms with van der Waals surface area (Å²) in [5, 5.41) is 17.9. The van der Waals surface area contributed by atoms with Gasteiger partial charge in [-0.05, 0) is 31.9 Å². The van der Waals surface area contributed by atoms with E-state index in [4.69, 9.17) is 4.74 Å². The van der Waals surface area contributed by atoms with Crippen molar-refractivity contribution in [2.75, 3.05) is 6.61 Å². The van der Waals surface area contributed by atoms with E-state index >= 15 is 0 Å². The summed E-state index contributed by atoms with van der Waals surface area (Å²) >= 11 is 0. The molecule has 0 radical (unpaired) electrons. The third kappa shape index (κ3) is 1.95. The largest absolute Gasteiger partial charge is 0.369 e. The van der Waals surface area contributed by atoms with Crippen LogP contribution in [0, 0.1) is 6.08 Å². The van der Waals surface area contributed by atoms with Crippen LogP contribution in [0.3, 0.4) is 0 Å². The Bertz CT molecular complexity index is 1360. The average Bonchev–Trinajstić information content (AvgIpc) is 3.47. The van der Waals surface area contributed by atoms with Crippen molar-refractivity contribution < 1.29 is 9.13 Å². The molecule has 1 fully saturated rings. The molecule has 5 heterocycles. The molecule has 0 aliphatic carbocycles. The molecular weight excluding hydrogens is 363 g/mol. The van der Waals surface area contributed by atoms with Crippen LogP contribution in [-0.2, 0) is 10.3 Å². The van der Waals surface area contributed by atoms with Gasteiger partial charge in [0.1, 0.15) is 16.9 Å². The second-order valence-electron chi connectivity index (χ2n) is 7.13. The number of ether oxygens (including phenoxy) is 1. The van der Waals surface area contributed by atoms with Crippen LogP contribution in [0.1, 0.15) is 25.5 Å². The van der Waals surface area contributed by atoms with E-state index in [1.54, 1.807) is 15.3 Å². The molecule has 9 nitrogen and oxygen atoms in total. The van der Waals surface area contributed by atoms with Crippen LogP contribution in [0.4, 0.5) is 4.39 Å². The van der Waals surface area contributed by atoms with Gasteiger partial charge in [-0.25, -0.2) is 9.38 Å². The zero-order chi connectivity index (χ0) is 18.9. The second kappa shape index (κ2) is 5.32. The van der Waals surface area contributed by atoms with Crippen molar-refractivity contribution >= 4 is 22.2 Å². The van der Waals surface area contributed by atoms with Crippen LogP contribution in [0.5, 0.6) is 0 Å². The van der Waals surface area contributed by atoms with Crippen molar-refractivity contribution in [1.82, 2.24) is 39.0 Å². The Hall–Kier alpha value is -3.40. The number of rotatable bonds is 2. The maximum Gasteiger partial charge on any atom is 0.295 e. The molecule has 0 bridgehead atoms. The van der Waals surface area contributed by atoms with E-state index in [-0.39, 0.29) is 0 Å². The van der Waals surface area contributed by atoms with Gasteiger partial charge in [0, 0.05) is 12.0 Å². The zero-order valence-electron chi connectivity index (χ0n) is 14.9. The third-order valence-corrected chi connectivity index (χ3v) is 5.42. The van der Waals surface area contributed by atoms with E-state index in [9.17, 15) is 4.39 Å². The Morgan fingerprint density at radius 1 is 1.14 bits per heavy atom. The van der Waals surface area contributed by atoms with E-state index in [0.717, 1.165) is 23.9 Å². The second-order valence-corrected chi connectivity index (χ2v) is 7.13. The molecule has 1 aliphatic heterocycles. The monoisotopic (exact) mass is 378 g/mol. The van der Waals surface area contributed by atoms with Crippen LogP contribution < -0.4 is 0 Å². The minimum atomic E-state index is -0.598. The molecule has 1 aliphatic rings. The summed E-state index contributed by atoms with van der Waals surface area (Å²) in [6.45, 7) is 2.72. The molecule has 4 aromatic heterocycles. The van der Waals surface area contributed by atoms with Crippen molar-refractivity contribution in [3.05, 3.63) is 48.4 Å². The molecule has 0 saturated carbocycles. The maximum atomic E-state index is 14.4. The Balaban J connectivity index is 1.65. The highest BCUT2D eigenvalue weighted by Crippen LogP contribution is 2.34. The van der Waals surface area contributed by atoms with Gasteiger partial charge in [-0.2, -0.15) is 9.07 Å². The quantitative estimate of drug-likeness (QED) is 0.468. The molecule has 1 unspecified atom stereocenters. The van der Waals surface area contributed by atoms with Crippen molar-refractivity contribution in [3.8, 4) is 5.95 Å². The summed E-state index contributed by atoms with van der Waals surface area (Å²) in [6, 6.07) is 7.43. The molecule has 0 spiro atoms. The summed E-state index contributed by atoms with van der Waals surface area (Å²) in [5.74, 6) is 0.408. The molecule has 1 atom stereocenters. The minimum Gasteiger partial charge on any atom is -0.369 e. The van der Waals surface area contributed by atoms with Gasteiger partial charge >= 0.3 is 0 Å². The Kier molecular flexibility index (Phi) is 2.97. The normalized spacial score (nSPS) is 20.1. The molecule has 28 heavy (non-hydrogen) atoms. The van der Waals surface area contributed by atoms with Gasteiger partial charge in [-0.3, -0.25) is 4.40 Å². The molecule has 10 heteroatoms. The number of imidazole rings is 1. The van der Waals surface area contributed by atoms with E-state index in [0.29, 0.717) is 29.4 Å². The SMILES string of the molecule is CC1(c2cn(-c3nnc4c5ccccc5n5c(F)ncc5n34)nn2)CCCO1. The lowest BCUT2D eigenvalue weighted by atomic mass is 10.00. The fraction of sp³-hybridized carbons (Fsp3) is 0.278. The van der Waals surface area contributed by atoms with Gasteiger partial charge in [-0.1, -0.05) is 17.3 Å². The Morgan fingerprint density at radius 3 is 2.89 bits per heavy atom. The summed E-state index contributed by atoms with van der Waals surface area (Å²) in [4.78, 5) is 3.84. The number of fused-ring (bicyclic) bond motifs is 6. The van der Waals surface area contributed by atoms with Gasteiger partial charge in [0.2, 0.25) is 0 Å². The van der Waals surface area contributed by atoms with Gasteiger partial charge in [-0.15, -0.1) is 15.3 Å². The van der Waals surface area contributed by atoms with Gasteiger partial charge in [0.15, 0.2) is 5.65 Å². The summed E-state index contributed by atoms with van der Waals surface area (Å²) in [5.41, 5.74) is 2.05. The molecule has 0 N–H and O–H groups in total. The van der Waals surface area contributed by atoms with Crippen LogP contribution in [0.25, 0.3) is 28.1 Å². The van der Waals surface area contributed by atoms with Gasteiger partial charge < -0.3 is 4.74 Å². The third-order valence-electron chi connectivity index (χ3n) is 5.42. The molecule has 140 valence electrons. The van der Waals surface area contributed by atoms with Crippen LogP contribution in [0.2, 0.25) is 0 Å². The number of hydrogen-bond donors (Lipinski definition) is 0. The fourth-order valence-electron chi connectivity index (χ4n) is 3.95. The average molecular weight is 378 g/mol. The molecule has 1 aromatic carbocycles. The number of nitrogens with zero attached hydrogens (tertiary/aromatic N) is 8. The first kappa shape index (κ1) is 15.6. The number of halogens is 1. The molecular formula is C18H15FN8O. The molecule has 0 amide bonds. The number of para-hydroxylation sites is 1. The topological polar surface area (TPSA) is 87.4 Å². The number of benzene rings is 1. The first-order chi connectivity index (χ1) is 13.7. The predicted molar refractivity (Wildman–Crippen MR) is 96.7 cm³/mol. The van der Waals surface area contributed by atoms with Crippen molar-refractivity contribution in [3.63, 3.8) is 0 Å². The highest BCUT2D eigenvalue weighted by Gasteiger charge is 2.35. The lowest BCUT2D eigenvalue weighted by Gasteiger charge is -2.19. The summed E-state index contributed by atoms with van der Waals surface area (Å²) < 4.78 is 25.0. The van der Waals surface area contributed by atoms with Crippen LogP contribution >= 0.6 is 0 Å². The van der Waals surface area contributed by atoms with Crippen molar-refractivity contribution in [2.45, 2.75) is 25.4 Å². The minimum absolute atomic E-state index is 0.408. The lowest BCUT2D eigenvalue weighted by Crippen LogP contribution is -2.20. The number of hydrogen-bond acceptors (Lipinski definition) is 6. The van der Waals surface area contributed by atoms with Crippen LogP contribution in [0.15, 0.2) is 36.7 Å². The maximum absolute atomic E-state index is 14.4. The lowest BCUT2D eigenvalue weighted by molar-refractivity contribution is 0.0131. The fourth-order valence-corrected chi connectivity index (χ4v) is 3.95. The number of aromatic nitrogens is 8. The van der Waals surface area contributed by atoms with Crippen molar-refractivity contribution in [2.24, 2.45) is 0 Å². The zero-order valence-corrected chi connectivity index (χ0v) is 14.9. The first-order valence-corrected chi connectivity index (χ1v) is 9.02. The summed E-state index contributed by atoms with van der Waals surface area (Å²) in [7, 11) is 0. The van der Waals surface area contributed by atoms with E-state index in [1.165, 1.54) is 10.6 Å². The molecule has 6 rings (SSSR count). The van der Waals surface area contributed by atoms with Gasteiger partial charge in [0.05, 0.1) is 17.9 Å².